The number of rotatable bonds is 4. The van der Waals surface area contributed by atoms with E-state index in [1.807, 2.05) is 18.2 Å². The van der Waals surface area contributed by atoms with Gasteiger partial charge < -0.3 is 10.2 Å². The van der Waals surface area contributed by atoms with Crippen molar-refractivity contribution in [1.82, 2.24) is 4.90 Å². The molecule has 1 unspecified atom stereocenters. The zero-order valence-electron chi connectivity index (χ0n) is 14.1. The third kappa shape index (κ3) is 3.76. The normalized spacial score (nSPS) is 16.5. The number of carbonyl (C=O) groups excluding carboxylic acids is 3. The molecule has 0 spiro atoms. The lowest BCUT2D eigenvalue weighted by atomic mass is 10.1. The van der Waals surface area contributed by atoms with Crippen LogP contribution in [-0.2, 0) is 4.79 Å². The Labute approximate surface area is 146 Å². The van der Waals surface area contributed by atoms with E-state index in [2.05, 4.69) is 5.32 Å². The van der Waals surface area contributed by atoms with Gasteiger partial charge in [0.15, 0.2) is 5.78 Å². The number of anilines is 1. The lowest BCUT2D eigenvalue weighted by molar-refractivity contribution is -0.119. The summed E-state index contributed by atoms with van der Waals surface area (Å²) in [5.41, 5.74) is 1.69. The highest BCUT2D eigenvalue weighted by Crippen LogP contribution is 2.22. The third-order valence-corrected chi connectivity index (χ3v) is 4.37. The fourth-order valence-corrected chi connectivity index (χ4v) is 3.07. The third-order valence-electron chi connectivity index (χ3n) is 4.37. The van der Waals surface area contributed by atoms with Crippen LogP contribution in [0.5, 0.6) is 0 Å². The fourth-order valence-electron chi connectivity index (χ4n) is 3.07. The molecule has 0 radical (unpaired) electrons. The average Bonchev–Trinajstić information content (AvgIpc) is 3.12. The Kier molecular flexibility index (Phi) is 4.93. The van der Waals surface area contributed by atoms with Crippen LogP contribution in [0.2, 0.25) is 0 Å². The Morgan fingerprint density at radius 2 is 1.72 bits per heavy atom. The van der Waals surface area contributed by atoms with Crippen molar-refractivity contribution in [2.45, 2.75) is 25.8 Å². The monoisotopic (exact) mass is 336 g/mol. The number of amides is 2. The molecule has 1 atom stereocenters. The lowest BCUT2D eigenvalue weighted by Gasteiger charge is -2.24. The zero-order valence-corrected chi connectivity index (χ0v) is 14.1. The van der Waals surface area contributed by atoms with Crippen molar-refractivity contribution in [3.8, 4) is 0 Å². The number of carbonyl (C=O) groups is 3. The molecule has 2 amide bonds. The largest absolute Gasteiger partial charge is 0.327 e. The number of Topliss-reactive ketones (excluding diaryl/α,β-unsaturated/α-hetero) is 1. The summed E-state index contributed by atoms with van der Waals surface area (Å²) in [7, 11) is 0. The Bertz CT molecular complexity index is 802. The smallest absolute Gasteiger partial charge is 0.254 e. The molecule has 25 heavy (non-hydrogen) atoms. The highest BCUT2D eigenvalue weighted by molar-refractivity contribution is 6.02. The van der Waals surface area contributed by atoms with Crippen molar-refractivity contribution in [3.63, 3.8) is 0 Å². The van der Waals surface area contributed by atoms with E-state index in [1.54, 1.807) is 41.3 Å². The van der Waals surface area contributed by atoms with E-state index in [0.29, 0.717) is 29.8 Å². The first-order valence-corrected chi connectivity index (χ1v) is 8.34. The lowest BCUT2D eigenvalue weighted by Crippen LogP contribution is -2.43. The predicted octanol–water partition coefficient (Wildman–Crippen LogP) is 3.13. The van der Waals surface area contributed by atoms with Gasteiger partial charge in [0.1, 0.15) is 6.04 Å². The summed E-state index contributed by atoms with van der Waals surface area (Å²) in [5.74, 6) is -0.406. The molecular formula is C20H20N2O3. The van der Waals surface area contributed by atoms with Crippen LogP contribution in [0.1, 0.15) is 40.5 Å². The van der Waals surface area contributed by atoms with Crippen molar-refractivity contribution in [3.05, 3.63) is 65.7 Å². The average molecular weight is 336 g/mol. The summed E-state index contributed by atoms with van der Waals surface area (Å²) in [6.07, 6.45) is 1.43. The second kappa shape index (κ2) is 7.30. The van der Waals surface area contributed by atoms with Crippen molar-refractivity contribution < 1.29 is 14.4 Å². The molecule has 1 N–H and O–H groups in total. The second-order valence-corrected chi connectivity index (χ2v) is 6.15. The molecule has 1 aliphatic rings. The van der Waals surface area contributed by atoms with Gasteiger partial charge in [0.2, 0.25) is 5.91 Å². The number of likely N-dealkylation sites (tertiary alicyclic amines) is 1. The Morgan fingerprint density at radius 3 is 2.44 bits per heavy atom. The highest BCUT2D eigenvalue weighted by Gasteiger charge is 2.34. The molecule has 2 aromatic rings. The van der Waals surface area contributed by atoms with Gasteiger partial charge in [-0.25, -0.2) is 0 Å². The SMILES string of the molecule is CC(=O)c1cccc(NC(=O)C2CCCN2C(=O)c2ccccc2)c1. The molecular weight excluding hydrogens is 316 g/mol. The van der Waals surface area contributed by atoms with Crippen LogP contribution in [-0.4, -0.2) is 35.1 Å². The number of nitrogens with zero attached hydrogens (tertiary/aromatic N) is 1. The maximum Gasteiger partial charge on any atom is 0.254 e. The van der Waals surface area contributed by atoms with Gasteiger partial charge in [0, 0.05) is 23.4 Å². The first kappa shape index (κ1) is 16.9. The van der Waals surface area contributed by atoms with E-state index in [9.17, 15) is 14.4 Å². The van der Waals surface area contributed by atoms with Crippen molar-refractivity contribution in [2.75, 3.05) is 11.9 Å². The number of nitrogens with one attached hydrogen (secondary N) is 1. The van der Waals surface area contributed by atoms with Crippen molar-refractivity contribution in [2.24, 2.45) is 0 Å². The molecule has 0 aliphatic carbocycles. The first-order chi connectivity index (χ1) is 12.1. The minimum atomic E-state index is -0.492. The maximum atomic E-state index is 12.7. The topological polar surface area (TPSA) is 66.5 Å². The molecule has 3 rings (SSSR count). The van der Waals surface area contributed by atoms with E-state index >= 15 is 0 Å². The van der Waals surface area contributed by atoms with Crippen LogP contribution in [0.3, 0.4) is 0 Å². The van der Waals surface area contributed by atoms with Gasteiger partial charge in [-0.05, 0) is 44.0 Å². The minimum Gasteiger partial charge on any atom is -0.327 e. The quantitative estimate of drug-likeness (QED) is 0.872. The first-order valence-electron chi connectivity index (χ1n) is 8.34. The zero-order chi connectivity index (χ0) is 17.8. The predicted molar refractivity (Wildman–Crippen MR) is 95.6 cm³/mol. The minimum absolute atomic E-state index is 0.0575. The number of hydrogen-bond acceptors (Lipinski definition) is 3. The van der Waals surface area contributed by atoms with Gasteiger partial charge in [-0.1, -0.05) is 30.3 Å². The van der Waals surface area contributed by atoms with Crippen LogP contribution in [0.25, 0.3) is 0 Å². The van der Waals surface area contributed by atoms with Crippen LogP contribution < -0.4 is 5.32 Å². The highest BCUT2D eigenvalue weighted by atomic mass is 16.2. The van der Waals surface area contributed by atoms with E-state index in [-0.39, 0.29) is 17.6 Å². The molecule has 1 saturated heterocycles. The van der Waals surface area contributed by atoms with Crippen LogP contribution in [0.4, 0.5) is 5.69 Å². The van der Waals surface area contributed by atoms with Gasteiger partial charge in [-0.3, -0.25) is 14.4 Å². The van der Waals surface area contributed by atoms with E-state index < -0.39 is 6.04 Å². The number of benzene rings is 2. The summed E-state index contributed by atoms with van der Waals surface area (Å²) in [5, 5.41) is 2.83. The van der Waals surface area contributed by atoms with E-state index in [1.165, 1.54) is 6.92 Å². The summed E-state index contributed by atoms with van der Waals surface area (Å²) >= 11 is 0. The second-order valence-electron chi connectivity index (χ2n) is 6.15. The molecule has 1 heterocycles. The van der Waals surface area contributed by atoms with Crippen molar-refractivity contribution in [1.29, 1.82) is 0 Å². The van der Waals surface area contributed by atoms with Gasteiger partial charge in [-0.2, -0.15) is 0 Å². The summed E-state index contributed by atoms with van der Waals surface area (Å²) < 4.78 is 0. The molecule has 128 valence electrons. The molecule has 0 aromatic heterocycles. The molecule has 0 bridgehead atoms. The molecule has 5 nitrogen and oxygen atoms in total. The number of hydrogen-bond donors (Lipinski definition) is 1. The summed E-state index contributed by atoms with van der Waals surface area (Å²) in [6.45, 7) is 2.05. The molecule has 2 aromatic carbocycles. The summed E-state index contributed by atoms with van der Waals surface area (Å²) in [4.78, 5) is 38.4. The standard InChI is InChI=1S/C20H20N2O3/c1-14(23)16-9-5-10-17(13-16)21-19(24)18-11-6-12-22(18)20(25)15-7-3-2-4-8-15/h2-5,7-10,13,18H,6,11-12H2,1H3,(H,21,24). The molecule has 0 saturated carbocycles. The van der Waals surface area contributed by atoms with E-state index in [0.717, 1.165) is 6.42 Å². The Morgan fingerprint density at radius 1 is 1.00 bits per heavy atom. The molecule has 1 aliphatic heterocycles. The van der Waals surface area contributed by atoms with Gasteiger partial charge in [0.25, 0.3) is 5.91 Å². The number of ketones is 1. The Balaban J connectivity index is 1.74. The molecule has 5 heteroatoms. The summed E-state index contributed by atoms with van der Waals surface area (Å²) in [6, 6.07) is 15.3. The van der Waals surface area contributed by atoms with Gasteiger partial charge >= 0.3 is 0 Å². The van der Waals surface area contributed by atoms with Crippen LogP contribution in [0.15, 0.2) is 54.6 Å². The fraction of sp³-hybridized carbons (Fsp3) is 0.250. The van der Waals surface area contributed by atoms with E-state index in [4.69, 9.17) is 0 Å². The molecule has 1 fully saturated rings. The van der Waals surface area contributed by atoms with Gasteiger partial charge in [-0.15, -0.1) is 0 Å². The van der Waals surface area contributed by atoms with Crippen LogP contribution in [0, 0.1) is 0 Å². The van der Waals surface area contributed by atoms with Crippen LogP contribution >= 0.6 is 0 Å². The van der Waals surface area contributed by atoms with Gasteiger partial charge in [0.05, 0.1) is 0 Å². The Hall–Kier alpha value is -2.95. The van der Waals surface area contributed by atoms with Crippen molar-refractivity contribution >= 4 is 23.3 Å². The maximum absolute atomic E-state index is 12.7.